The molecule has 4 heterocycles. The highest BCUT2D eigenvalue weighted by molar-refractivity contribution is 6.42. The highest BCUT2D eigenvalue weighted by Gasteiger charge is 2.48. The second-order valence-electron chi connectivity index (χ2n) is 26.8. The molecule has 0 atom stereocenters. The van der Waals surface area contributed by atoms with Gasteiger partial charge in [0, 0.05) is 49.9 Å². The molecule has 0 unspecified atom stereocenters. The van der Waals surface area contributed by atoms with Crippen molar-refractivity contribution < 1.29 is 38.1 Å². The number of rotatable bonds is 2. The number of fused-ring (bicyclic) bond motifs is 4. The number of hydrogen-bond acceptors (Lipinski definition) is 8. The first-order valence-electron chi connectivity index (χ1n) is 25.3. The Labute approximate surface area is 415 Å². The van der Waals surface area contributed by atoms with E-state index in [-0.39, 0.29) is 44.0 Å². The second kappa shape index (κ2) is 15.6. The van der Waals surface area contributed by atoms with Gasteiger partial charge >= 0.3 is 23.9 Å². The lowest BCUT2D eigenvalue weighted by Gasteiger charge is -2.40. The molecule has 8 heteroatoms. The first kappa shape index (κ1) is 49.2. The minimum Gasteiger partial charge on any atom is -0.422 e. The van der Waals surface area contributed by atoms with E-state index in [0.29, 0.717) is 45.3 Å². The normalized spacial score (nSPS) is 20.2. The van der Waals surface area contributed by atoms with Crippen LogP contribution in [0.5, 0.6) is 23.0 Å². The molecular weight excluding hydrogens is 873 g/mol. The summed E-state index contributed by atoms with van der Waals surface area (Å²) in [6.07, 6.45) is 4.48. The highest BCUT2D eigenvalue weighted by Crippen LogP contribution is 2.57. The minimum atomic E-state index is -0.620. The summed E-state index contributed by atoms with van der Waals surface area (Å²) in [6.45, 7) is 38.2. The molecule has 4 aliphatic heterocycles. The maximum Gasteiger partial charge on any atom is 0.345 e. The van der Waals surface area contributed by atoms with E-state index >= 15 is 0 Å². The van der Waals surface area contributed by atoms with Crippen LogP contribution in [0.1, 0.15) is 223 Å². The van der Waals surface area contributed by atoms with Crippen LogP contribution in [0.3, 0.4) is 0 Å². The zero-order valence-corrected chi connectivity index (χ0v) is 44.9. The Kier molecular flexibility index (Phi) is 11.0. The molecule has 4 aromatic rings. The van der Waals surface area contributed by atoms with Crippen LogP contribution in [0.2, 0.25) is 0 Å². The van der Waals surface area contributed by atoms with Gasteiger partial charge in [-0.2, -0.15) is 0 Å². The highest BCUT2D eigenvalue weighted by atomic mass is 16.6. The van der Waals surface area contributed by atoms with Crippen LogP contribution in [0.25, 0.3) is 22.3 Å². The number of benzene rings is 4. The number of ether oxygens (including phenoxy) is 4. The molecule has 1 saturated carbocycles. The maximum absolute atomic E-state index is 14.6. The van der Waals surface area contributed by atoms with Crippen molar-refractivity contribution in [2.24, 2.45) is 0 Å². The molecule has 0 spiro atoms. The Morgan fingerprint density at radius 2 is 0.586 bits per heavy atom. The van der Waals surface area contributed by atoms with Crippen molar-refractivity contribution in [1.82, 2.24) is 0 Å². The molecule has 8 nitrogen and oxygen atoms in total. The van der Waals surface area contributed by atoms with E-state index in [0.717, 1.165) is 76.6 Å². The summed E-state index contributed by atoms with van der Waals surface area (Å²) >= 11 is 0. The SMILES string of the molecule is CC(C)(C)c1cc2c(c(C(C)(C)C)c1)OC(=O)C2=C1C(=O)Oc2c1cc(C1(c3cc4c(c(C(C)(C)C)c3)OC(=O)C4=C3C(=O)Oc4c3cc(C(C)(C)C)cc4C(C)(C)C)CCCCC1)cc2C(C)(C)C. The van der Waals surface area contributed by atoms with Gasteiger partial charge in [0.05, 0.1) is 22.3 Å². The van der Waals surface area contributed by atoms with Gasteiger partial charge in [-0.15, -0.1) is 0 Å². The molecule has 1 aliphatic carbocycles. The molecule has 0 aromatic heterocycles. The summed E-state index contributed by atoms with van der Waals surface area (Å²) < 4.78 is 25.0. The molecule has 0 amide bonds. The molecular formula is C62H72O8. The number of esters is 4. The molecule has 0 N–H and O–H groups in total. The average Bonchev–Trinajstić information content (AvgIpc) is 3.94. The molecule has 5 aliphatic rings. The predicted octanol–water partition coefficient (Wildman–Crippen LogP) is 14.2. The van der Waals surface area contributed by atoms with Gasteiger partial charge in [-0.25, -0.2) is 19.2 Å². The third-order valence-corrected chi connectivity index (χ3v) is 15.3. The number of carbonyl (C=O) groups excluding carboxylic acids is 4. The molecule has 1 fully saturated rings. The van der Waals surface area contributed by atoms with Gasteiger partial charge in [-0.1, -0.05) is 168 Å². The topological polar surface area (TPSA) is 105 Å². The molecule has 368 valence electrons. The molecule has 0 radical (unpaired) electrons. The summed E-state index contributed by atoms with van der Waals surface area (Å²) in [6, 6.07) is 16.9. The van der Waals surface area contributed by atoms with Gasteiger partial charge in [0.15, 0.2) is 0 Å². The van der Waals surface area contributed by atoms with Gasteiger partial charge in [0.2, 0.25) is 0 Å². The third-order valence-electron chi connectivity index (χ3n) is 15.3. The van der Waals surface area contributed by atoms with Crippen LogP contribution in [0.15, 0.2) is 48.5 Å². The number of carbonyl (C=O) groups is 4. The molecule has 0 saturated heterocycles. The largest absolute Gasteiger partial charge is 0.422 e. The Bertz CT molecular complexity index is 2860. The summed E-state index contributed by atoms with van der Waals surface area (Å²) in [7, 11) is 0. The fraction of sp³-hybridized carbons (Fsp3) is 0.484. The Balaban J connectivity index is 1.34. The van der Waals surface area contributed by atoms with Crippen LogP contribution >= 0.6 is 0 Å². The summed E-state index contributed by atoms with van der Waals surface area (Å²) in [5.74, 6) is -0.431. The van der Waals surface area contributed by atoms with Gasteiger partial charge in [-0.05, 0) is 91.9 Å². The van der Waals surface area contributed by atoms with E-state index in [2.05, 4.69) is 161 Å². The minimum absolute atomic E-state index is 0.209. The maximum atomic E-state index is 14.6. The van der Waals surface area contributed by atoms with Crippen molar-refractivity contribution in [2.45, 2.75) is 195 Å². The fourth-order valence-corrected chi connectivity index (χ4v) is 11.2. The fourth-order valence-electron chi connectivity index (χ4n) is 11.2. The van der Waals surface area contributed by atoms with Crippen molar-refractivity contribution in [3.05, 3.63) is 115 Å². The van der Waals surface area contributed by atoms with E-state index in [1.54, 1.807) is 0 Å². The van der Waals surface area contributed by atoms with E-state index in [1.807, 2.05) is 12.1 Å². The summed E-state index contributed by atoms with van der Waals surface area (Å²) in [4.78, 5) is 58.1. The van der Waals surface area contributed by atoms with E-state index < -0.39 is 40.1 Å². The monoisotopic (exact) mass is 945 g/mol. The summed E-state index contributed by atoms with van der Waals surface area (Å²) in [5.41, 5.74) is 7.94. The smallest absolute Gasteiger partial charge is 0.345 e. The molecule has 9 rings (SSSR count). The van der Waals surface area contributed by atoms with Crippen LogP contribution in [-0.4, -0.2) is 23.9 Å². The van der Waals surface area contributed by atoms with Crippen LogP contribution in [0, 0.1) is 0 Å². The Morgan fingerprint density at radius 3 is 0.843 bits per heavy atom. The van der Waals surface area contributed by atoms with E-state index in [9.17, 15) is 19.2 Å². The lowest BCUT2D eigenvalue weighted by molar-refractivity contribution is -0.129. The van der Waals surface area contributed by atoms with Crippen LogP contribution in [-0.2, 0) is 57.1 Å². The second-order valence-corrected chi connectivity index (χ2v) is 26.8. The quantitative estimate of drug-likeness (QED) is 0.111. The van der Waals surface area contributed by atoms with Gasteiger partial charge < -0.3 is 18.9 Å². The first-order chi connectivity index (χ1) is 32.1. The van der Waals surface area contributed by atoms with E-state index in [4.69, 9.17) is 18.9 Å². The molecule has 0 bridgehead atoms. The first-order valence-corrected chi connectivity index (χ1v) is 25.3. The predicted molar refractivity (Wildman–Crippen MR) is 278 cm³/mol. The van der Waals surface area contributed by atoms with Crippen molar-refractivity contribution in [2.75, 3.05) is 0 Å². The van der Waals surface area contributed by atoms with Crippen molar-refractivity contribution >= 4 is 46.2 Å². The zero-order valence-electron chi connectivity index (χ0n) is 44.9. The van der Waals surface area contributed by atoms with Gasteiger partial charge in [-0.3, -0.25) is 0 Å². The lowest BCUT2D eigenvalue weighted by atomic mass is 9.63. The van der Waals surface area contributed by atoms with Gasteiger partial charge in [0.1, 0.15) is 23.0 Å². The van der Waals surface area contributed by atoms with Crippen molar-refractivity contribution in [1.29, 1.82) is 0 Å². The standard InChI is InChI=1S/C62H72O8/c1-56(2,3)32-24-36-44(52(63)67-48(36)40(28-32)58(7,8)9)46-38-26-34(30-42(60(13,14)15)50(38)69-54(46)65)62(22-20-19-21-23-62)35-27-39-47(55(66)70-51(39)43(31-35)61(16,17)18)45-37-25-33(57(4,5)6)29-41(59(10,11)12)49(37)68-53(45)64/h24-31H,19-23H2,1-18H3. The Morgan fingerprint density at radius 1 is 0.329 bits per heavy atom. The van der Waals surface area contributed by atoms with Crippen LogP contribution < -0.4 is 18.9 Å². The zero-order chi connectivity index (χ0) is 51.4. The van der Waals surface area contributed by atoms with Crippen LogP contribution in [0.4, 0.5) is 0 Å². The lowest BCUT2D eigenvalue weighted by Crippen LogP contribution is -2.32. The third kappa shape index (κ3) is 7.87. The van der Waals surface area contributed by atoms with Gasteiger partial charge in [0.25, 0.3) is 0 Å². The summed E-state index contributed by atoms with van der Waals surface area (Å²) in [5, 5.41) is 0. The Hall–Kier alpha value is -5.76. The van der Waals surface area contributed by atoms with E-state index in [1.165, 1.54) is 0 Å². The average molecular weight is 945 g/mol. The number of hydrogen-bond donors (Lipinski definition) is 0. The van der Waals surface area contributed by atoms with Crippen molar-refractivity contribution in [3.63, 3.8) is 0 Å². The molecule has 4 aromatic carbocycles. The molecule has 70 heavy (non-hydrogen) atoms. The van der Waals surface area contributed by atoms with Crippen molar-refractivity contribution in [3.8, 4) is 23.0 Å².